The number of aromatic amines is 1. The molecule has 7 heteroatoms. The molecule has 0 unspecified atom stereocenters. The summed E-state index contributed by atoms with van der Waals surface area (Å²) < 4.78 is 15.2. The van der Waals surface area contributed by atoms with Gasteiger partial charge in [-0.2, -0.15) is 0 Å². The maximum absolute atomic E-state index is 12.9. The lowest BCUT2D eigenvalue weighted by Gasteiger charge is -2.04. The van der Waals surface area contributed by atoms with Crippen molar-refractivity contribution in [2.24, 2.45) is 0 Å². The minimum atomic E-state index is -0.277. The molecule has 0 fully saturated rings. The molecule has 1 aromatic heterocycles. The molecule has 0 aliphatic heterocycles. The van der Waals surface area contributed by atoms with Crippen LogP contribution in [0.3, 0.4) is 0 Å². The van der Waals surface area contributed by atoms with Crippen molar-refractivity contribution in [2.45, 2.75) is 24.4 Å². The van der Waals surface area contributed by atoms with E-state index in [4.69, 9.17) is 0 Å². The Kier molecular flexibility index (Phi) is 4.23. The molecule has 4 nitrogen and oxygen atoms in total. The highest BCUT2D eigenvalue weighted by molar-refractivity contribution is 9.10. The Balaban J connectivity index is 2.14. The number of halogens is 2. The van der Waals surface area contributed by atoms with E-state index in [1.54, 1.807) is 10.6 Å². The van der Waals surface area contributed by atoms with Crippen molar-refractivity contribution >= 4 is 27.7 Å². The predicted molar refractivity (Wildman–Crippen MR) is 72.2 cm³/mol. The lowest BCUT2D eigenvalue weighted by Crippen LogP contribution is -2.16. The Morgan fingerprint density at radius 1 is 1.56 bits per heavy atom. The van der Waals surface area contributed by atoms with E-state index in [0.717, 1.165) is 10.0 Å². The number of nitrogens with one attached hydrogen (secondary N) is 1. The molecule has 0 spiro atoms. The highest BCUT2D eigenvalue weighted by atomic mass is 79.9. The van der Waals surface area contributed by atoms with Crippen LogP contribution in [-0.4, -0.2) is 14.8 Å². The molecule has 0 aliphatic carbocycles. The molecule has 1 aromatic carbocycles. The average Bonchev–Trinajstić information content (AvgIpc) is 2.69. The standard InChI is InChI=1S/C11H11BrFN3OS/c1-2-16-10(17)14-15-11(16)18-6-7-3-4-8(13)5-9(7)12/h3-5H,2,6H2,1H3,(H,14,17). The molecule has 2 rings (SSSR count). The highest BCUT2D eigenvalue weighted by Crippen LogP contribution is 2.25. The zero-order valence-corrected chi connectivity index (χ0v) is 12.0. The first kappa shape index (κ1) is 13.4. The van der Waals surface area contributed by atoms with Crippen molar-refractivity contribution in [1.82, 2.24) is 14.8 Å². The van der Waals surface area contributed by atoms with Gasteiger partial charge in [0, 0.05) is 16.8 Å². The summed E-state index contributed by atoms with van der Waals surface area (Å²) in [6.07, 6.45) is 0. The van der Waals surface area contributed by atoms with Gasteiger partial charge in [0.15, 0.2) is 5.16 Å². The fourth-order valence-electron chi connectivity index (χ4n) is 1.47. The maximum atomic E-state index is 12.9. The fourth-order valence-corrected chi connectivity index (χ4v) is 3.16. The van der Waals surface area contributed by atoms with Crippen LogP contribution in [0.5, 0.6) is 0 Å². The summed E-state index contributed by atoms with van der Waals surface area (Å²) in [5, 5.41) is 7.00. The maximum Gasteiger partial charge on any atom is 0.343 e. The van der Waals surface area contributed by atoms with Gasteiger partial charge in [-0.25, -0.2) is 14.3 Å². The van der Waals surface area contributed by atoms with E-state index in [2.05, 4.69) is 26.1 Å². The molecule has 96 valence electrons. The first-order valence-corrected chi connectivity index (χ1v) is 7.11. The quantitative estimate of drug-likeness (QED) is 0.876. The fraction of sp³-hybridized carbons (Fsp3) is 0.273. The van der Waals surface area contributed by atoms with Gasteiger partial charge in [0.1, 0.15) is 5.82 Å². The van der Waals surface area contributed by atoms with Crippen molar-refractivity contribution in [3.63, 3.8) is 0 Å². The Labute approximate surface area is 116 Å². The first-order chi connectivity index (χ1) is 8.61. The summed E-state index contributed by atoms with van der Waals surface area (Å²) in [4.78, 5) is 11.4. The van der Waals surface area contributed by atoms with Gasteiger partial charge in [-0.05, 0) is 24.6 Å². The van der Waals surface area contributed by atoms with E-state index >= 15 is 0 Å². The second-order valence-electron chi connectivity index (χ2n) is 3.58. The third-order valence-electron chi connectivity index (χ3n) is 2.41. The van der Waals surface area contributed by atoms with Crippen molar-refractivity contribution < 1.29 is 4.39 Å². The number of thioether (sulfide) groups is 1. The van der Waals surface area contributed by atoms with Gasteiger partial charge in [0.05, 0.1) is 0 Å². The van der Waals surface area contributed by atoms with Crippen molar-refractivity contribution in [2.75, 3.05) is 0 Å². The molecule has 0 bridgehead atoms. The molecular formula is C11H11BrFN3OS. The van der Waals surface area contributed by atoms with Crippen molar-refractivity contribution in [3.05, 3.63) is 44.5 Å². The van der Waals surface area contributed by atoms with E-state index in [9.17, 15) is 9.18 Å². The Bertz CT molecular complexity index is 611. The van der Waals surface area contributed by atoms with Gasteiger partial charge >= 0.3 is 5.69 Å². The molecule has 0 saturated carbocycles. The Morgan fingerprint density at radius 3 is 3.00 bits per heavy atom. The smallest absolute Gasteiger partial charge is 0.270 e. The number of rotatable bonds is 4. The van der Waals surface area contributed by atoms with Crippen LogP contribution in [-0.2, 0) is 12.3 Å². The van der Waals surface area contributed by atoms with Crippen molar-refractivity contribution in [1.29, 1.82) is 0 Å². The average molecular weight is 332 g/mol. The third kappa shape index (κ3) is 2.84. The van der Waals surface area contributed by atoms with Gasteiger partial charge in [-0.3, -0.25) is 4.57 Å². The summed E-state index contributed by atoms with van der Waals surface area (Å²) in [6.45, 7) is 2.46. The van der Waals surface area contributed by atoms with Gasteiger partial charge < -0.3 is 0 Å². The first-order valence-electron chi connectivity index (χ1n) is 5.33. The number of benzene rings is 1. The van der Waals surface area contributed by atoms with Gasteiger partial charge in [0.2, 0.25) is 0 Å². The second-order valence-corrected chi connectivity index (χ2v) is 5.38. The van der Waals surface area contributed by atoms with Gasteiger partial charge in [-0.15, -0.1) is 5.10 Å². The molecule has 18 heavy (non-hydrogen) atoms. The van der Waals surface area contributed by atoms with Crippen LogP contribution >= 0.6 is 27.7 Å². The van der Waals surface area contributed by atoms with E-state index in [1.807, 2.05) is 6.92 Å². The molecule has 0 amide bonds. The Hall–Kier alpha value is -1.08. The van der Waals surface area contributed by atoms with E-state index in [0.29, 0.717) is 17.5 Å². The molecule has 0 atom stereocenters. The summed E-state index contributed by atoms with van der Waals surface area (Å²) in [6, 6.07) is 4.55. The molecule has 1 heterocycles. The van der Waals surface area contributed by atoms with Gasteiger partial charge in [0.25, 0.3) is 0 Å². The lowest BCUT2D eigenvalue weighted by atomic mass is 10.2. The zero-order chi connectivity index (χ0) is 13.1. The normalized spacial score (nSPS) is 10.8. The topological polar surface area (TPSA) is 50.7 Å². The van der Waals surface area contributed by atoms with Crippen LogP contribution in [0.15, 0.2) is 32.6 Å². The number of aromatic nitrogens is 3. The van der Waals surface area contributed by atoms with Crippen molar-refractivity contribution in [3.8, 4) is 0 Å². The molecule has 0 aliphatic rings. The van der Waals surface area contributed by atoms with E-state index in [-0.39, 0.29) is 11.5 Å². The largest absolute Gasteiger partial charge is 0.343 e. The van der Waals surface area contributed by atoms with Crippen LogP contribution in [0.4, 0.5) is 4.39 Å². The monoisotopic (exact) mass is 331 g/mol. The minimum absolute atomic E-state index is 0.210. The zero-order valence-electron chi connectivity index (χ0n) is 9.61. The molecule has 1 N–H and O–H groups in total. The second kappa shape index (κ2) is 5.71. The number of hydrogen-bond donors (Lipinski definition) is 1. The lowest BCUT2D eigenvalue weighted by molar-refractivity contribution is 0.626. The van der Waals surface area contributed by atoms with E-state index < -0.39 is 0 Å². The van der Waals surface area contributed by atoms with Crippen LogP contribution < -0.4 is 5.69 Å². The molecular weight excluding hydrogens is 321 g/mol. The van der Waals surface area contributed by atoms with Crippen LogP contribution in [0.25, 0.3) is 0 Å². The predicted octanol–water partition coefficient (Wildman–Crippen LogP) is 2.79. The summed E-state index contributed by atoms with van der Waals surface area (Å²) >= 11 is 4.75. The summed E-state index contributed by atoms with van der Waals surface area (Å²) in [5.74, 6) is 0.339. The minimum Gasteiger partial charge on any atom is -0.270 e. The third-order valence-corrected chi connectivity index (χ3v) is 4.17. The summed E-state index contributed by atoms with van der Waals surface area (Å²) in [5.41, 5.74) is 0.748. The SMILES string of the molecule is CCn1c(SCc2ccc(F)cc2Br)n[nH]c1=O. The van der Waals surface area contributed by atoms with Crippen LogP contribution in [0.2, 0.25) is 0 Å². The molecule has 2 aromatic rings. The number of H-pyrrole nitrogens is 1. The van der Waals surface area contributed by atoms with Gasteiger partial charge in [-0.1, -0.05) is 33.8 Å². The number of hydrogen-bond acceptors (Lipinski definition) is 3. The van der Waals surface area contributed by atoms with E-state index in [1.165, 1.54) is 23.9 Å². The van der Waals surface area contributed by atoms with Crippen LogP contribution in [0.1, 0.15) is 12.5 Å². The molecule has 0 radical (unpaired) electrons. The molecule has 0 saturated heterocycles. The van der Waals surface area contributed by atoms with Crippen LogP contribution in [0, 0.1) is 5.82 Å². The number of nitrogens with zero attached hydrogens (tertiary/aromatic N) is 2. The highest BCUT2D eigenvalue weighted by Gasteiger charge is 2.09. The summed E-state index contributed by atoms with van der Waals surface area (Å²) in [7, 11) is 0. The Morgan fingerprint density at radius 2 is 2.33 bits per heavy atom.